The number of nitrogens with one attached hydrogen (secondary N) is 1. The van der Waals surface area contributed by atoms with E-state index in [1.54, 1.807) is 6.08 Å². The number of carbonyl (C=O) groups is 2. The van der Waals surface area contributed by atoms with Gasteiger partial charge in [-0.15, -0.1) is 6.58 Å². The van der Waals surface area contributed by atoms with E-state index in [4.69, 9.17) is 0 Å². The van der Waals surface area contributed by atoms with E-state index < -0.39 is 0 Å². The van der Waals surface area contributed by atoms with Gasteiger partial charge in [-0.25, -0.2) is 0 Å². The molecule has 0 aromatic heterocycles. The minimum atomic E-state index is -0.0294. The van der Waals surface area contributed by atoms with Crippen LogP contribution in [0, 0.1) is 5.92 Å². The summed E-state index contributed by atoms with van der Waals surface area (Å²) in [6.45, 7) is 4.82. The van der Waals surface area contributed by atoms with Crippen LogP contribution in [0.15, 0.2) is 12.7 Å². The van der Waals surface area contributed by atoms with Gasteiger partial charge in [0.2, 0.25) is 11.8 Å². The van der Waals surface area contributed by atoms with Crippen molar-refractivity contribution in [3.8, 4) is 0 Å². The Labute approximate surface area is 95.7 Å². The highest BCUT2D eigenvalue weighted by atomic mass is 16.2. The van der Waals surface area contributed by atoms with Crippen LogP contribution in [0.2, 0.25) is 0 Å². The third kappa shape index (κ3) is 2.43. The van der Waals surface area contributed by atoms with Crippen LogP contribution in [0.5, 0.6) is 0 Å². The highest BCUT2D eigenvalue weighted by Crippen LogP contribution is 2.29. The summed E-state index contributed by atoms with van der Waals surface area (Å²) in [4.78, 5) is 25.1. The van der Waals surface area contributed by atoms with Gasteiger partial charge in [0.05, 0.1) is 5.92 Å². The van der Waals surface area contributed by atoms with Gasteiger partial charge < -0.3 is 10.2 Å². The minimum Gasteiger partial charge on any atom is -0.355 e. The zero-order valence-corrected chi connectivity index (χ0v) is 9.45. The Balaban J connectivity index is 1.93. The van der Waals surface area contributed by atoms with Crippen molar-refractivity contribution in [2.75, 3.05) is 13.1 Å². The van der Waals surface area contributed by atoms with E-state index in [0.717, 1.165) is 12.8 Å². The quantitative estimate of drug-likeness (QED) is 0.711. The molecule has 1 N–H and O–H groups in total. The van der Waals surface area contributed by atoms with Gasteiger partial charge in [-0.05, 0) is 19.3 Å². The molecule has 0 aromatic carbocycles. The number of amides is 2. The van der Waals surface area contributed by atoms with Crippen LogP contribution in [0.3, 0.4) is 0 Å². The fourth-order valence-electron chi connectivity index (χ4n) is 2.12. The molecule has 1 aliphatic heterocycles. The van der Waals surface area contributed by atoms with Gasteiger partial charge >= 0.3 is 0 Å². The predicted molar refractivity (Wildman–Crippen MR) is 60.7 cm³/mol. The van der Waals surface area contributed by atoms with Crippen LogP contribution in [-0.2, 0) is 9.59 Å². The van der Waals surface area contributed by atoms with Crippen molar-refractivity contribution in [3.05, 3.63) is 12.7 Å². The lowest BCUT2D eigenvalue weighted by atomic mass is 9.97. The Morgan fingerprint density at radius 1 is 1.50 bits per heavy atom. The van der Waals surface area contributed by atoms with E-state index in [1.807, 2.05) is 4.90 Å². The number of piperidine rings is 1. The van der Waals surface area contributed by atoms with Gasteiger partial charge in [-0.2, -0.15) is 0 Å². The number of nitrogens with zero attached hydrogens (tertiary/aromatic N) is 1. The van der Waals surface area contributed by atoms with Crippen molar-refractivity contribution in [3.63, 3.8) is 0 Å². The highest BCUT2D eigenvalue weighted by Gasteiger charge is 2.36. The normalized spacial score (nSPS) is 24.8. The van der Waals surface area contributed by atoms with Crippen molar-refractivity contribution >= 4 is 11.8 Å². The van der Waals surface area contributed by atoms with E-state index in [0.29, 0.717) is 32.0 Å². The molecule has 0 radical (unpaired) electrons. The van der Waals surface area contributed by atoms with Crippen molar-refractivity contribution in [2.45, 2.75) is 31.7 Å². The first-order valence-electron chi connectivity index (χ1n) is 5.90. The SMILES string of the molecule is C=CCN(C(=O)C1CCC(=O)NC1)C1CC1. The van der Waals surface area contributed by atoms with Crippen molar-refractivity contribution < 1.29 is 9.59 Å². The van der Waals surface area contributed by atoms with Crippen molar-refractivity contribution in [1.82, 2.24) is 10.2 Å². The lowest BCUT2D eigenvalue weighted by Crippen LogP contribution is -2.45. The Morgan fingerprint density at radius 3 is 2.75 bits per heavy atom. The van der Waals surface area contributed by atoms with Crippen molar-refractivity contribution in [1.29, 1.82) is 0 Å². The first-order chi connectivity index (χ1) is 7.72. The standard InChI is InChI=1S/C12H18N2O2/c1-2-7-14(10-4-5-10)12(16)9-3-6-11(15)13-8-9/h2,9-10H,1,3-8H2,(H,13,15). The minimum absolute atomic E-state index is 0.0294. The first kappa shape index (κ1) is 11.2. The van der Waals surface area contributed by atoms with E-state index in [1.165, 1.54) is 0 Å². The molecule has 4 heteroatoms. The number of carbonyl (C=O) groups excluding carboxylic acids is 2. The third-order valence-electron chi connectivity index (χ3n) is 3.21. The summed E-state index contributed by atoms with van der Waals surface area (Å²) in [5, 5.41) is 2.76. The number of hydrogen-bond acceptors (Lipinski definition) is 2. The molecule has 2 amide bonds. The molecule has 2 aliphatic rings. The van der Waals surface area contributed by atoms with Gasteiger partial charge in [0.1, 0.15) is 0 Å². The van der Waals surface area contributed by atoms with Gasteiger partial charge in [-0.3, -0.25) is 9.59 Å². The van der Waals surface area contributed by atoms with Crippen LogP contribution in [0.25, 0.3) is 0 Å². The molecule has 16 heavy (non-hydrogen) atoms. The molecule has 4 nitrogen and oxygen atoms in total. The topological polar surface area (TPSA) is 49.4 Å². The molecule has 1 heterocycles. The summed E-state index contributed by atoms with van der Waals surface area (Å²) in [6, 6.07) is 0.420. The molecule has 1 aliphatic carbocycles. The molecule has 88 valence electrons. The Morgan fingerprint density at radius 2 is 2.25 bits per heavy atom. The predicted octanol–water partition coefficient (Wildman–Crippen LogP) is 0.690. The summed E-state index contributed by atoms with van der Waals surface area (Å²) in [6.07, 6.45) is 5.16. The van der Waals surface area contributed by atoms with Crippen LogP contribution in [-0.4, -0.2) is 35.8 Å². The molecule has 2 rings (SSSR count). The molecular weight excluding hydrogens is 204 g/mol. The van der Waals surface area contributed by atoms with Crippen LogP contribution < -0.4 is 5.32 Å². The summed E-state index contributed by atoms with van der Waals surface area (Å²) >= 11 is 0. The maximum atomic E-state index is 12.2. The van der Waals surface area contributed by atoms with E-state index >= 15 is 0 Å². The summed E-state index contributed by atoms with van der Waals surface area (Å²) < 4.78 is 0. The smallest absolute Gasteiger partial charge is 0.228 e. The van der Waals surface area contributed by atoms with Gasteiger partial charge in [0, 0.05) is 25.6 Å². The largest absolute Gasteiger partial charge is 0.355 e. The Hall–Kier alpha value is -1.32. The van der Waals surface area contributed by atoms with E-state index in [9.17, 15) is 9.59 Å². The van der Waals surface area contributed by atoms with Crippen LogP contribution in [0.4, 0.5) is 0 Å². The highest BCUT2D eigenvalue weighted by molar-refractivity contribution is 5.84. The lowest BCUT2D eigenvalue weighted by molar-refractivity contribution is -0.137. The molecule has 2 fully saturated rings. The Kier molecular flexibility index (Phi) is 3.27. The van der Waals surface area contributed by atoms with Crippen LogP contribution >= 0.6 is 0 Å². The van der Waals surface area contributed by atoms with Gasteiger partial charge in [0.25, 0.3) is 0 Å². The molecule has 1 unspecified atom stereocenters. The first-order valence-corrected chi connectivity index (χ1v) is 5.90. The average Bonchev–Trinajstić information content (AvgIpc) is 3.10. The maximum Gasteiger partial charge on any atom is 0.228 e. The molecule has 0 bridgehead atoms. The molecule has 1 saturated carbocycles. The zero-order chi connectivity index (χ0) is 11.5. The van der Waals surface area contributed by atoms with Crippen molar-refractivity contribution in [2.24, 2.45) is 5.92 Å². The number of hydrogen-bond donors (Lipinski definition) is 1. The molecule has 1 atom stereocenters. The molecule has 0 aromatic rings. The van der Waals surface area contributed by atoms with Gasteiger partial charge in [0.15, 0.2) is 0 Å². The van der Waals surface area contributed by atoms with Crippen LogP contribution in [0.1, 0.15) is 25.7 Å². The van der Waals surface area contributed by atoms with E-state index in [-0.39, 0.29) is 17.7 Å². The second kappa shape index (κ2) is 4.68. The molecular formula is C12H18N2O2. The lowest BCUT2D eigenvalue weighted by Gasteiger charge is -2.28. The molecule has 0 spiro atoms. The third-order valence-corrected chi connectivity index (χ3v) is 3.21. The summed E-state index contributed by atoms with van der Waals surface area (Å²) in [7, 11) is 0. The monoisotopic (exact) mass is 222 g/mol. The fourth-order valence-corrected chi connectivity index (χ4v) is 2.12. The number of rotatable bonds is 4. The second-order valence-electron chi connectivity index (χ2n) is 4.55. The second-order valence-corrected chi connectivity index (χ2v) is 4.55. The molecule has 1 saturated heterocycles. The van der Waals surface area contributed by atoms with E-state index in [2.05, 4.69) is 11.9 Å². The van der Waals surface area contributed by atoms with Gasteiger partial charge in [-0.1, -0.05) is 6.08 Å². The zero-order valence-electron chi connectivity index (χ0n) is 9.45. The fraction of sp³-hybridized carbons (Fsp3) is 0.667. The summed E-state index contributed by atoms with van der Waals surface area (Å²) in [5.41, 5.74) is 0. The average molecular weight is 222 g/mol. The Bertz CT molecular complexity index is 300. The summed E-state index contributed by atoms with van der Waals surface area (Å²) in [5.74, 6) is 0.214. The maximum absolute atomic E-state index is 12.2.